The summed E-state index contributed by atoms with van der Waals surface area (Å²) in [5.74, 6) is 1.49. The number of hydrogen-bond donors (Lipinski definition) is 1. The molecular weight excluding hydrogens is 523 g/mol. The molecule has 10 heteroatoms. The number of ether oxygens (including phenoxy) is 2. The molecule has 2 heterocycles. The lowest BCUT2D eigenvalue weighted by molar-refractivity contribution is -0.142. The number of alkyl halides is 3. The van der Waals surface area contributed by atoms with Crippen LogP contribution in [-0.4, -0.2) is 53.8 Å². The van der Waals surface area contributed by atoms with Gasteiger partial charge in [0.25, 0.3) is 0 Å². The molecule has 1 aliphatic heterocycles. The van der Waals surface area contributed by atoms with E-state index >= 15 is 0 Å². The van der Waals surface area contributed by atoms with Gasteiger partial charge < -0.3 is 19.5 Å². The second-order valence-electron chi connectivity index (χ2n) is 10.8. The summed E-state index contributed by atoms with van der Waals surface area (Å²) < 4.78 is 51.1. The van der Waals surface area contributed by atoms with Crippen LogP contribution >= 0.6 is 0 Å². The van der Waals surface area contributed by atoms with Crippen molar-refractivity contribution in [3.05, 3.63) is 60.4 Å². The van der Waals surface area contributed by atoms with E-state index in [4.69, 9.17) is 9.47 Å². The Balaban J connectivity index is 1.22. The van der Waals surface area contributed by atoms with Crippen LogP contribution < -0.4 is 14.4 Å². The van der Waals surface area contributed by atoms with Gasteiger partial charge >= 0.3 is 12.1 Å². The number of nitrogens with zero attached hydrogens (tertiary/aromatic N) is 3. The van der Waals surface area contributed by atoms with Crippen molar-refractivity contribution in [3.8, 4) is 22.6 Å². The highest BCUT2D eigenvalue weighted by Gasteiger charge is 2.34. The van der Waals surface area contributed by atoms with E-state index < -0.39 is 18.7 Å². The van der Waals surface area contributed by atoms with Crippen LogP contribution in [0.1, 0.15) is 43.6 Å². The van der Waals surface area contributed by atoms with Crippen LogP contribution in [0.3, 0.4) is 0 Å². The van der Waals surface area contributed by atoms with Crippen molar-refractivity contribution in [2.24, 2.45) is 11.8 Å². The first-order chi connectivity index (χ1) is 19.2. The molecule has 1 atom stereocenters. The molecule has 2 aliphatic rings. The zero-order chi connectivity index (χ0) is 28.3. The second-order valence-corrected chi connectivity index (χ2v) is 10.8. The first-order valence-electron chi connectivity index (χ1n) is 13.7. The van der Waals surface area contributed by atoms with Crippen LogP contribution in [-0.2, 0) is 11.3 Å². The van der Waals surface area contributed by atoms with Crippen molar-refractivity contribution in [3.63, 3.8) is 0 Å². The molecule has 2 aromatic carbocycles. The van der Waals surface area contributed by atoms with Crippen LogP contribution in [0.4, 0.5) is 18.9 Å². The number of halogens is 3. The molecule has 214 valence electrons. The van der Waals surface area contributed by atoms with Gasteiger partial charge in [-0.25, -0.2) is 0 Å². The highest BCUT2D eigenvalue weighted by Crippen LogP contribution is 2.45. The van der Waals surface area contributed by atoms with Crippen LogP contribution in [0.25, 0.3) is 11.1 Å². The maximum absolute atomic E-state index is 12.8. The molecule has 1 unspecified atom stereocenters. The molecule has 1 aliphatic carbocycles. The molecule has 1 N–H and O–H groups in total. The van der Waals surface area contributed by atoms with Gasteiger partial charge in [-0.05, 0) is 73.3 Å². The zero-order valence-electron chi connectivity index (χ0n) is 22.4. The fourth-order valence-corrected chi connectivity index (χ4v) is 5.55. The average molecular weight is 558 g/mol. The molecule has 0 radical (unpaired) electrons. The predicted octanol–water partition coefficient (Wildman–Crippen LogP) is 6.38. The number of aliphatic carboxylic acids is 1. The largest absolute Gasteiger partial charge is 0.497 e. The van der Waals surface area contributed by atoms with Crippen LogP contribution in [0.2, 0.25) is 0 Å². The second kappa shape index (κ2) is 11.8. The van der Waals surface area contributed by atoms with Crippen molar-refractivity contribution in [2.75, 3.05) is 31.7 Å². The van der Waals surface area contributed by atoms with Gasteiger partial charge in [-0.3, -0.25) is 9.48 Å². The molecule has 7 nitrogen and oxygen atoms in total. The van der Waals surface area contributed by atoms with Gasteiger partial charge in [-0.15, -0.1) is 0 Å². The predicted molar refractivity (Wildman–Crippen MR) is 145 cm³/mol. The van der Waals surface area contributed by atoms with E-state index in [0.717, 1.165) is 66.0 Å². The molecule has 0 amide bonds. The Morgan fingerprint density at radius 3 is 2.55 bits per heavy atom. The third-order valence-corrected chi connectivity index (χ3v) is 7.80. The third kappa shape index (κ3) is 7.08. The minimum absolute atomic E-state index is 0.0296. The lowest BCUT2D eigenvalue weighted by Crippen LogP contribution is -2.35. The minimum Gasteiger partial charge on any atom is -0.497 e. The molecule has 0 spiro atoms. The SMILES string of the molecule is COc1ccc(-c2cnn(CC(F)(F)F)c2)c(N2CCC(COc3cccc(C(CC(=O)O)C4CC4)c3)CC2)c1. The average Bonchev–Trinajstić information content (AvgIpc) is 3.68. The summed E-state index contributed by atoms with van der Waals surface area (Å²) in [6, 6.07) is 13.4. The van der Waals surface area contributed by atoms with Gasteiger partial charge in [0.15, 0.2) is 0 Å². The fraction of sp³-hybridized carbons (Fsp3) is 0.467. The van der Waals surface area contributed by atoms with E-state index in [9.17, 15) is 23.1 Å². The number of carboxylic acid groups (broad SMARTS) is 1. The summed E-state index contributed by atoms with van der Waals surface area (Å²) in [5.41, 5.74) is 3.37. The molecule has 5 rings (SSSR count). The summed E-state index contributed by atoms with van der Waals surface area (Å²) in [4.78, 5) is 13.6. The fourth-order valence-electron chi connectivity index (χ4n) is 5.55. The minimum atomic E-state index is -4.34. The third-order valence-electron chi connectivity index (χ3n) is 7.80. The molecule has 1 saturated heterocycles. The van der Waals surface area contributed by atoms with Crippen LogP contribution in [0.15, 0.2) is 54.9 Å². The van der Waals surface area contributed by atoms with Gasteiger partial charge in [0.1, 0.15) is 18.0 Å². The molecule has 1 saturated carbocycles. The summed E-state index contributed by atoms with van der Waals surface area (Å²) in [7, 11) is 1.59. The number of carboxylic acids is 1. The van der Waals surface area contributed by atoms with E-state index in [-0.39, 0.29) is 12.3 Å². The van der Waals surface area contributed by atoms with Crippen molar-refractivity contribution in [2.45, 2.75) is 50.7 Å². The van der Waals surface area contributed by atoms with Crippen molar-refractivity contribution in [1.82, 2.24) is 9.78 Å². The molecular formula is C30H34F3N3O4. The molecule has 3 aromatic rings. The van der Waals surface area contributed by atoms with Gasteiger partial charge in [0.05, 0.1) is 26.3 Å². The van der Waals surface area contributed by atoms with Gasteiger partial charge in [-0.2, -0.15) is 18.3 Å². The monoisotopic (exact) mass is 557 g/mol. The normalized spacial score (nSPS) is 17.1. The molecule has 40 heavy (non-hydrogen) atoms. The Morgan fingerprint density at radius 2 is 1.88 bits per heavy atom. The van der Waals surface area contributed by atoms with E-state index in [0.29, 0.717) is 29.8 Å². The number of hydrogen-bond acceptors (Lipinski definition) is 5. The number of benzene rings is 2. The molecule has 0 bridgehead atoms. The summed E-state index contributed by atoms with van der Waals surface area (Å²) in [6.07, 6.45) is 2.64. The lowest BCUT2D eigenvalue weighted by atomic mass is 9.91. The highest BCUT2D eigenvalue weighted by molar-refractivity contribution is 5.79. The number of methoxy groups -OCH3 is 1. The van der Waals surface area contributed by atoms with E-state index in [1.807, 2.05) is 36.4 Å². The maximum atomic E-state index is 12.8. The maximum Gasteiger partial charge on any atom is 0.408 e. The topological polar surface area (TPSA) is 76.8 Å². The highest BCUT2D eigenvalue weighted by atomic mass is 19.4. The smallest absolute Gasteiger partial charge is 0.408 e. The summed E-state index contributed by atoms with van der Waals surface area (Å²) in [6.45, 7) is 0.980. The van der Waals surface area contributed by atoms with Gasteiger partial charge in [-0.1, -0.05) is 12.1 Å². The number of anilines is 1. The summed E-state index contributed by atoms with van der Waals surface area (Å²) in [5, 5.41) is 13.3. The number of rotatable bonds is 11. The Labute approximate surface area is 231 Å². The Hall–Kier alpha value is -3.69. The first-order valence-corrected chi connectivity index (χ1v) is 13.7. The van der Waals surface area contributed by atoms with Crippen molar-refractivity contribution in [1.29, 1.82) is 0 Å². The standard InChI is InChI=1S/C30H34F3N3O4/c1-39-24-7-8-26(23-16-34-36(17-23)19-30(31,32)33)28(14-24)35-11-9-20(10-12-35)18-40-25-4-2-3-22(13-25)27(15-29(37)38)21-5-6-21/h2-4,7-8,13-14,16-17,20-21,27H,5-6,9-12,15,18-19H2,1H3,(H,37,38). The Kier molecular flexibility index (Phi) is 8.23. The van der Waals surface area contributed by atoms with Crippen molar-refractivity contribution >= 4 is 11.7 Å². The van der Waals surface area contributed by atoms with E-state index in [1.165, 1.54) is 12.4 Å². The van der Waals surface area contributed by atoms with Crippen molar-refractivity contribution < 1.29 is 32.5 Å². The number of carbonyl (C=O) groups is 1. The van der Waals surface area contributed by atoms with Crippen LogP contribution in [0.5, 0.6) is 11.5 Å². The first kappa shape index (κ1) is 27.9. The molecule has 1 aromatic heterocycles. The van der Waals surface area contributed by atoms with E-state index in [2.05, 4.69) is 10.00 Å². The van der Waals surface area contributed by atoms with Gasteiger partial charge in [0.2, 0.25) is 0 Å². The zero-order valence-corrected chi connectivity index (χ0v) is 22.4. The molecule has 2 fully saturated rings. The van der Waals surface area contributed by atoms with Gasteiger partial charge in [0, 0.05) is 42.2 Å². The lowest BCUT2D eigenvalue weighted by Gasteiger charge is -2.34. The van der Waals surface area contributed by atoms with Crippen LogP contribution in [0, 0.1) is 11.8 Å². The number of aromatic nitrogens is 2. The Bertz CT molecular complexity index is 1310. The summed E-state index contributed by atoms with van der Waals surface area (Å²) >= 11 is 0. The number of piperidine rings is 1. The van der Waals surface area contributed by atoms with E-state index in [1.54, 1.807) is 13.2 Å². The Morgan fingerprint density at radius 1 is 1.10 bits per heavy atom. The quantitative estimate of drug-likeness (QED) is 0.295.